The van der Waals surface area contributed by atoms with Crippen LogP contribution in [0.1, 0.15) is 13.8 Å². The third kappa shape index (κ3) is 1.90. The molecular formula is C13H15N3O2. The van der Waals surface area contributed by atoms with Crippen molar-refractivity contribution in [2.75, 3.05) is 5.12 Å². The van der Waals surface area contributed by atoms with Gasteiger partial charge in [0.25, 0.3) is 0 Å². The number of benzene rings is 1. The quantitative estimate of drug-likeness (QED) is 0.851. The predicted octanol–water partition coefficient (Wildman–Crippen LogP) is 1.90. The number of phenols is 1. The number of Topliss-reactive ketones (excluding diaryl/α,β-unsaturated/α-hetero) is 1. The molecule has 0 aromatic heterocycles. The number of rotatable bonds is 3. The third-order valence-electron chi connectivity index (χ3n) is 2.74. The Morgan fingerprint density at radius 2 is 2.22 bits per heavy atom. The number of nitrogens with one attached hydrogen (secondary N) is 1. The Bertz CT molecular complexity index is 537. The molecule has 94 valence electrons. The lowest BCUT2D eigenvalue weighted by Crippen LogP contribution is -2.41. The lowest BCUT2D eigenvalue weighted by atomic mass is 10.3. The van der Waals surface area contributed by atoms with Gasteiger partial charge < -0.3 is 5.11 Å². The van der Waals surface area contributed by atoms with Crippen LogP contribution in [0.25, 0.3) is 0 Å². The average Bonchev–Trinajstić information content (AvgIpc) is 2.66. The number of ketones is 1. The SMILES string of the molecule is C=CN1C(C)=C(C(C)=O)NN1c1cccc(O)c1. The van der Waals surface area contributed by atoms with Crippen LogP contribution in [0.15, 0.2) is 48.4 Å². The van der Waals surface area contributed by atoms with Gasteiger partial charge in [-0.3, -0.25) is 10.2 Å². The van der Waals surface area contributed by atoms with Gasteiger partial charge in [-0.25, -0.2) is 5.01 Å². The molecular weight excluding hydrogens is 230 g/mol. The van der Waals surface area contributed by atoms with Crippen LogP contribution in [0.5, 0.6) is 5.75 Å². The summed E-state index contributed by atoms with van der Waals surface area (Å²) in [6, 6.07) is 6.73. The van der Waals surface area contributed by atoms with Crippen LogP contribution in [0.4, 0.5) is 5.69 Å². The summed E-state index contributed by atoms with van der Waals surface area (Å²) in [5.74, 6) is 0.106. The summed E-state index contributed by atoms with van der Waals surface area (Å²) in [6.07, 6.45) is 1.60. The highest BCUT2D eigenvalue weighted by atomic mass is 16.3. The van der Waals surface area contributed by atoms with E-state index in [1.54, 1.807) is 34.5 Å². The Hall–Kier alpha value is -2.43. The Morgan fingerprint density at radius 3 is 2.78 bits per heavy atom. The number of hydrogen-bond donors (Lipinski definition) is 2. The van der Waals surface area contributed by atoms with Crippen molar-refractivity contribution in [2.24, 2.45) is 0 Å². The van der Waals surface area contributed by atoms with E-state index in [1.165, 1.54) is 6.92 Å². The first-order valence-electron chi connectivity index (χ1n) is 5.54. The minimum atomic E-state index is -0.0537. The van der Waals surface area contributed by atoms with E-state index < -0.39 is 0 Å². The van der Waals surface area contributed by atoms with Crippen molar-refractivity contribution in [3.05, 3.63) is 48.4 Å². The molecule has 1 heterocycles. The first-order valence-corrected chi connectivity index (χ1v) is 5.54. The number of carbonyl (C=O) groups excluding carboxylic acids is 1. The second kappa shape index (κ2) is 4.44. The van der Waals surface area contributed by atoms with Crippen LogP contribution in [0.3, 0.4) is 0 Å². The first kappa shape index (κ1) is 12.0. The molecule has 1 aliphatic rings. The maximum absolute atomic E-state index is 11.5. The summed E-state index contributed by atoms with van der Waals surface area (Å²) >= 11 is 0. The van der Waals surface area contributed by atoms with Crippen LogP contribution in [0.2, 0.25) is 0 Å². The summed E-state index contributed by atoms with van der Waals surface area (Å²) in [6.45, 7) is 7.05. The van der Waals surface area contributed by atoms with E-state index in [1.807, 2.05) is 13.0 Å². The predicted molar refractivity (Wildman–Crippen MR) is 69.1 cm³/mol. The zero-order chi connectivity index (χ0) is 13.3. The zero-order valence-electron chi connectivity index (χ0n) is 10.3. The Kier molecular flexibility index (Phi) is 2.97. The second-order valence-corrected chi connectivity index (χ2v) is 3.99. The number of carbonyl (C=O) groups is 1. The van der Waals surface area contributed by atoms with E-state index in [4.69, 9.17) is 0 Å². The van der Waals surface area contributed by atoms with Gasteiger partial charge in [-0.2, -0.15) is 5.12 Å². The summed E-state index contributed by atoms with van der Waals surface area (Å²) in [4.78, 5) is 11.5. The number of hydrogen-bond acceptors (Lipinski definition) is 5. The van der Waals surface area contributed by atoms with Crippen LogP contribution >= 0.6 is 0 Å². The summed E-state index contributed by atoms with van der Waals surface area (Å²) < 4.78 is 0. The molecule has 0 saturated carbocycles. The maximum Gasteiger partial charge on any atom is 0.179 e. The zero-order valence-corrected chi connectivity index (χ0v) is 10.3. The fourth-order valence-electron chi connectivity index (χ4n) is 1.87. The Labute approximate surface area is 106 Å². The van der Waals surface area contributed by atoms with Gasteiger partial charge in [-0.05, 0) is 19.1 Å². The van der Waals surface area contributed by atoms with Gasteiger partial charge in [0.2, 0.25) is 0 Å². The summed E-state index contributed by atoms with van der Waals surface area (Å²) in [5, 5.41) is 12.9. The van der Waals surface area contributed by atoms with Crippen LogP contribution in [0, 0.1) is 0 Å². The highest BCUT2D eigenvalue weighted by molar-refractivity contribution is 5.94. The van der Waals surface area contributed by atoms with E-state index in [0.717, 1.165) is 5.70 Å². The topological polar surface area (TPSA) is 55.8 Å². The highest BCUT2D eigenvalue weighted by Crippen LogP contribution is 2.27. The number of phenolic OH excluding ortho intramolecular Hbond substituents is 1. The van der Waals surface area contributed by atoms with Gasteiger partial charge in [0, 0.05) is 19.2 Å². The van der Waals surface area contributed by atoms with Gasteiger partial charge in [-0.1, -0.05) is 12.6 Å². The molecule has 0 saturated heterocycles. The van der Waals surface area contributed by atoms with Crippen LogP contribution in [-0.2, 0) is 4.79 Å². The fourth-order valence-corrected chi connectivity index (χ4v) is 1.87. The second-order valence-electron chi connectivity index (χ2n) is 3.99. The maximum atomic E-state index is 11.5. The molecule has 1 aromatic carbocycles. The van der Waals surface area contributed by atoms with E-state index in [2.05, 4.69) is 12.0 Å². The van der Waals surface area contributed by atoms with Gasteiger partial charge in [0.15, 0.2) is 5.78 Å². The molecule has 1 aliphatic heterocycles. The lowest BCUT2D eigenvalue weighted by Gasteiger charge is -2.28. The highest BCUT2D eigenvalue weighted by Gasteiger charge is 2.27. The molecule has 2 rings (SSSR count). The van der Waals surface area contributed by atoms with Gasteiger partial charge in [0.05, 0.1) is 11.4 Å². The van der Waals surface area contributed by atoms with Crippen LogP contribution < -0.4 is 10.5 Å². The Morgan fingerprint density at radius 1 is 1.50 bits per heavy atom. The molecule has 2 N–H and O–H groups in total. The third-order valence-corrected chi connectivity index (χ3v) is 2.74. The number of nitrogens with zero attached hydrogens (tertiary/aromatic N) is 2. The van der Waals surface area contributed by atoms with Crippen molar-refractivity contribution in [3.63, 3.8) is 0 Å². The van der Waals surface area contributed by atoms with Crippen molar-refractivity contribution in [3.8, 4) is 5.75 Å². The molecule has 0 fully saturated rings. The number of aromatic hydroxyl groups is 1. The summed E-state index contributed by atoms with van der Waals surface area (Å²) in [5.41, 5.74) is 4.98. The average molecular weight is 245 g/mol. The van der Waals surface area contributed by atoms with Gasteiger partial charge >= 0.3 is 0 Å². The molecule has 0 bridgehead atoms. The Balaban J connectivity index is 2.38. The number of hydrazine groups is 2. The largest absolute Gasteiger partial charge is 0.508 e. The monoisotopic (exact) mass is 245 g/mol. The minimum Gasteiger partial charge on any atom is -0.508 e. The smallest absolute Gasteiger partial charge is 0.179 e. The van der Waals surface area contributed by atoms with E-state index in [0.29, 0.717) is 11.4 Å². The molecule has 0 atom stereocenters. The van der Waals surface area contributed by atoms with E-state index in [9.17, 15) is 9.90 Å². The van der Waals surface area contributed by atoms with Crippen molar-refractivity contribution in [2.45, 2.75) is 13.8 Å². The van der Waals surface area contributed by atoms with Crippen molar-refractivity contribution < 1.29 is 9.90 Å². The lowest BCUT2D eigenvalue weighted by molar-refractivity contribution is -0.113. The minimum absolute atomic E-state index is 0.0537. The molecule has 0 amide bonds. The van der Waals surface area contributed by atoms with Crippen LogP contribution in [-0.4, -0.2) is 15.9 Å². The molecule has 0 radical (unpaired) electrons. The van der Waals surface area contributed by atoms with Crippen molar-refractivity contribution in [1.29, 1.82) is 0 Å². The van der Waals surface area contributed by atoms with Gasteiger partial charge in [-0.15, -0.1) is 0 Å². The molecule has 0 unspecified atom stereocenters. The molecule has 0 aliphatic carbocycles. The molecule has 18 heavy (non-hydrogen) atoms. The normalized spacial score (nSPS) is 14.8. The molecule has 0 spiro atoms. The standard InChI is InChI=1S/C13H15N3O2/c1-4-15-9(2)13(10(3)17)14-16(15)11-6-5-7-12(18)8-11/h4-8,14,18H,1H2,2-3H3. The number of allylic oxidation sites excluding steroid dienone is 2. The number of anilines is 1. The van der Waals surface area contributed by atoms with E-state index in [-0.39, 0.29) is 11.5 Å². The molecule has 1 aromatic rings. The fraction of sp³-hybridized carbons (Fsp3) is 0.154. The van der Waals surface area contributed by atoms with Gasteiger partial charge in [0.1, 0.15) is 11.4 Å². The molecule has 5 nitrogen and oxygen atoms in total. The van der Waals surface area contributed by atoms with Crippen molar-refractivity contribution >= 4 is 11.5 Å². The molecule has 5 heteroatoms. The first-order chi connectivity index (χ1) is 8.54. The van der Waals surface area contributed by atoms with Crippen molar-refractivity contribution in [1.82, 2.24) is 10.4 Å². The summed E-state index contributed by atoms with van der Waals surface area (Å²) in [7, 11) is 0. The van der Waals surface area contributed by atoms with E-state index >= 15 is 0 Å².